The maximum absolute atomic E-state index is 8.93. The average Bonchev–Trinajstić information content (AvgIpc) is 3.07. The summed E-state index contributed by atoms with van der Waals surface area (Å²) < 4.78 is 0. The van der Waals surface area contributed by atoms with Crippen LogP contribution in [0.1, 0.15) is 15.6 Å². The molecule has 0 fully saturated rings. The van der Waals surface area contributed by atoms with E-state index < -0.39 is 5.54 Å². The number of aromatic nitrogens is 3. The second-order valence-corrected chi connectivity index (χ2v) is 5.65. The molecule has 0 saturated heterocycles. The fourth-order valence-corrected chi connectivity index (χ4v) is 3.12. The highest BCUT2D eigenvalue weighted by Gasteiger charge is 2.38. The average molecular weight is 322 g/mol. The fourth-order valence-electron chi connectivity index (χ4n) is 1.86. The van der Waals surface area contributed by atoms with Crippen molar-refractivity contribution in [2.24, 2.45) is 4.99 Å². The van der Waals surface area contributed by atoms with Crippen molar-refractivity contribution < 1.29 is 0 Å². The zero-order valence-corrected chi connectivity index (χ0v) is 12.1. The predicted molar refractivity (Wildman–Crippen MR) is 77.3 cm³/mol. The van der Waals surface area contributed by atoms with E-state index in [2.05, 4.69) is 26.0 Å². The van der Waals surface area contributed by atoms with Gasteiger partial charge in [-0.05, 0) is 23.8 Å². The van der Waals surface area contributed by atoms with Gasteiger partial charge >= 0.3 is 0 Å². The van der Waals surface area contributed by atoms with Gasteiger partial charge in [0.15, 0.2) is 5.54 Å². The van der Waals surface area contributed by atoms with Crippen molar-refractivity contribution in [3.8, 4) is 6.07 Å². The van der Waals surface area contributed by atoms with Crippen LogP contribution in [0.25, 0.3) is 0 Å². The van der Waals surface area contributed by atoms with E-state index in [0.717, 1.165) is 0 Å². The number of halogens is 2. The van der Waals surface area contributed by atoms with E-state index in [4.69, 9.17) is 28.5 Å². The molecule has 0 aliphatic carbocycles. The smallest absolute Gasteiger partial charge is 0.224 e. The van der Waals surface area contributed by atoms with Crippen molar-refractivity contribution in [2.75, 3.05) is 0 Å². The topological polar surface area (TPSA) is 74.8 Å². The van der Waals surface area contributed by atoms with Gasteiger partial charge in [0.25, 0.3) is 0 Å². The molecule has 1 atom stereocenters. The number of nitrogens with zero attached hydrogens (tertiary/aromatic N) is 5. The Morgan fingerprint density at radius 2 is 2.15 bits per heavy atom. The Morgan fingerprint density at radius 1 is 1.30 bits per heavy atom. The first kappa shape index (κ1) is 13.2. The van der Waals surface area contributed by atoms with Crippen molar-refractivity contribution in [1.29, 1.82) is 5.26 Å². The first-order valence-electron chi connectivity index (χ1n) is 5.44. The van der Waals surface area contributed by atoms with Gasteiger partial charge in [-0.1, -0.05) is 11.6 Å². The van der Waals surface area contributed by atoms with E-state index in [1.54, 1.807) is 18.4 Å². The second kappa shape index (κ2) is 4.94. The van der Waals surface area contributed by atoms with E-state index in [0.29, 0.717) is 15.6 Å². The molecule has 0 bridgehead atoms. The van der Waals surface area contributed by atoms with Crippen molar-refractivity contribution in [2.45, 2.75) is 5.54 Å². The summed E-state index contributed by atoms with van der Waals surface area (Å²) in [6.45, 7) is 0. The van der Waals surface area contributed by atoms with Crippen LogP contribution >= 0.6 is 34.5 Å². The lowest BCUT2D eigenvalue weighted by atomic mass is 9.97. The Morgan fingerprint density at radius 3 is 2.75 bits per heavy atom. The summed E-state index contributed by atoms with van der Waals surface area (Å²) in [6.07, 6.45) is 6.78. The number of allylic oxidation sites excluding steroid dienone is 1. The monoisotopic (exact) mass is 321 g/mol. The summed E-state index contributed by atoms with van der Waals surface area (Å²) in [5.41, 5.74) is -0.373. The molecule has 3 heterocycles. The molecule has 3 rings (SSSR count). The molecular formula is C12H5Cl2N5S. The van der Waals surface area contributed by atoms with Gasteiger partial charge in [-0.15, -0.1) is 11.3 Å². The van der Waals surface area contributed by atoms with Crippen molar-refractivity contribution in [3.05, 3.63) is 50.4 Å². The van der Waals surface area contributed by atoms with Gasteiger partial charge in [-0.2, -0.15) is 5.26 Å². The summed E-state index contributed by atoms with van der Waals surface area (Å²) in [5.74, 6) is 0. The number of nitriles is 1. The molecular weight excluding hydrogens is 317 g/mol. The number of rotatable bonds is 2. The van der Waals surface area contributed by atoms with Crippen LogP contribution in [0.2, 0.25) is 10.4 Å². The summed E-state index contributed by atoms with van der Waals surface area (Å²) in [7, 11) is 0. The lowest BCUT2D eigenvalue weighted by molar-refractivity contribution is 0.662. The van der Waals surface area contributed by atoms with Crippen LogP contribution < -0.4 is 0 Å². The van der Waals surface area contributed by atoms with E-state index in [-0.39, 0.29) is 10.4 Å². The van der Waals surface area contributed by atoms with Gasteiger partial charge in [0.2, 0.25) is 5.28 Å². The summed E-state index contributed by atoms with van der Waals surface area (Å²) in [5, 5.41) is 9.83. The molecule has 20 heavy (non-hydrogen) atoms. The molecule has 1 aliphatic rings. The molecule has 0 N–H and O–H groups in total. The van der Waals surface area contributed by atoms with Crippen LogP contribution in [0.3, 0.4) is 0 Å². The molecule has 0 aromatic carbocycles. The number of hydrogen-bond acceptors (Lipinski definition) is 6. The van der Waals surface area contributed by atoms with Crippen LogP contribution in [0, 0.1) is 11.3 Å². The molecule has 0 saturated carbocycles. The minimum Gasteiger partial charge on any atom is -0.269 e. The third kappa shape index (κ3) is 2.10. The Bertz CT molecular complexity index is 742. The minimum atomic E-state index is -0.893. The Kier molecular flexibility index (Phi) is 3.26. The lowest BCUT2D eigenvalue weighted by Gasteiger charge is -2.21. The van der Waals surface area contributed by atoms with Gasteiger partial charge in [0.05, 0.1) is 11.9 Å². The highest BCUT2D eigenvalue weighted by molar-refractivity contribution is 7.12. The maximum Gasteiger partial charge on any atom is 0.224 e. The van der Waals surface area contributed by atoms with Gasteiger partial charge in [-0.3, -0.25) is 4.99 Å². The van der Waals surface area contributed by atoms with Crippen LogP contribution in [-0.2, 0) is 5.54 Å². The number of thiazole rings is 1. The number of hydrogen-bond donors (Lipinski definition) is 0. The highest BCUT2D eigenvalue weighted by atomic mass is 35.5. The summed E-state index contributed by atoms with van der Waals surface area (Å²) >= 11 is 13.0. The van der Waals surface area contributed by atoms with Crippen LogP contribution in [0.5, 0.6) is 0 Å². The SMILES string of the molecule is N#Cc1cnc(C2(c3cc(Cl)nc(Cl)n3)C=CC=N2)s1. The predicted octanol–water partition coefficient (Wildman–Crippen LogP) is 3.00. The molecule has 0 radical (unpaired) electrons. The molecule has 5 nitrogen and oxygen atoms in total. The van der Waals surface area contributed by atoms with Gasteiger partial charge in [-0.25, -0.2) is 15.0 Å². The molecule has 98 valence electrons. The minimum absolute atomic E-state index is 0.0411. The Hall–Kier alpha value is -1.81. The standard InChI is InChI=1S/C12H5Cl2N5S/c13-9-4-8(18-11(14)19-9)12(2-1-3-17-12)10-16-6-7(5-15)20-10/h1-4,6H. The largest absolute Gasteiger partial charge is 0.269 e. The molecule has 2 aromatic heterocycles. The molecule has 8 heteroatoms. The quantitative estimate of drug-likeness (QED) is 0.629. The van der Waals surface area contributed by atoms with E-state index in [1.165, 1.54) is 17.5 Å². The van der Waals surface area contributed by atoms with E-state index in [1.807, 2.05) is 6.08 Å². The third-order valence-corrected chi connectivity index (χ3v) is 4.09. The van der Waals surface area contributed by atoms with Crippen LogP contribution in [-0.4, -0.2) is 21.2 Å². The highest BCUT2D eigenvalue weighted by Crippen LogP contribution is 2.39. The Balaban J connectivity index is 2.20. The van der Waals surface area contributed by atoms with Crippen molar-refractivity contribution >= 4 is 40.8 Å². The second-order valence-electron chi connectivity index (χ2n) is 3.89. The van der Waals surface area contributed by atoms with E-state index in [9.17, 15) is 0 Å². The molecule has 1 aliphatic heterocycles. The summed E-state index contributed by atoms with van der Waals surface area (Å²) in [4.78, 5) is 17.2. The van der Waals surface area contributed by atoms with Crippen molar-refractivity contribution in [3.63, 3.8) is 0 Å². The summed E-state index contributed by atoms with van der Waals surface area (Å²) in [6, 6.07) is 3.65. The first-order chi connectivity index (χ1) is 9.64. The fraction of sp³-hybridized carbons (Fsp3) is 0.0833. The van der Waals surface area contributed by atoms with Gasteiger partial charge < -0.3 is 0 Å². The molecule has 2 aromatic rings. The normalized spacial score (nSPS) is 20.2. The molecule has 0 amide bonds. The molecule has 0 spiro atoms. The van der Waals surface area contributed by atoms with Crippen LogP contribution in [0.4, 0.5) is 0 Å². The Labute approximate surface area is 128 Å². The van der Waals surface area contributed by atoms with Crippen LogP contribution in [0.15, 0.2) is 29.4 Å². The number of aliphatic imine (C=N–C) groups is 1. The lowest BCUT2D eigenvalue weighted by Crippen LogP contribution is -2.22. The first-order valence-corrected chi connectivity index (χ1v) is 7.01. The van der Waals surface area contributed by atoms with Crippen molar-refractivity contribution in [1.82, 2.24) is 15.0 Å². The van der Waals surface area contributed by atoms with E-state index >= 15 is 0 Å². The zero-order valence-electron chi connectivity index (χ0n) is 9.79. The maximum atomic E-state index is 8.93. The third-order valence-electron chi connectivity index (χ3n) is 2.70. The molecule has 1 unspecified atom stereocenters. The van der Waals surface area contributed by atoms with Gasteiger partial charge in [0, 0.05) is 12.3 Å². The zero-order chi connectivity index (χ0) is 14.2. The van der Waals surface area contributed by atoms with Gasteiger partial charge in [0.1, 0.15) is 21.1 Å².